The van der Waals surface area contributed by atoms with E-state index in [1.807, 2.05) is 0 Å². The number of hydrogen-bond donors (Lipinski definition) is 1. The summed E-state index contributed by atoms with van der Waals surface area (Å²) >= 11 is 0. The third-order valence-electron chi connectivity index (χ3n) is 4.74. The van der Waals surface area contributed by atoms with E-state index in [2.05, 4.69) is 36.5 Å². The molecule has 1 aromatic carbocycles. The van der Waals surface area contributed by atoms with Crippen LogP contribution in [0, 0.1) is 0 Å². The second-order valence-electron chi connectivity index (χ2n) is 5.32. The normalized spacial score (nSPS) is 32.9. The molecule has 1 aliphatic heterocycles. The number of hydrogen-bond acceptors (Lipinski definition) is 1. The molecule has 1 N–H and O–H groups in total. The molecule has 1 heterocycles. The van der Waals surface area contributed by atoms with E-state index in [4.69, 9.17) is 0 Å². The molecule has 1 aliphatic carbocycles. The third-order valence-corrected chi connectivity index (χ3v) is 4.74. The van der Waals surface area contributed by atoms with Gasteiger partial charge in [0.25, 0.3) is 0 Å². The minimum Gasteiger partial charge on any atom is -0.313 e. The van der Waals surface area contributed by atoms with Crippen LogP contribution in [0.3, 0.4) is 0 Å². The maximum Gasteiger partial charge on any atom is 0.0167 e. The van der Waals surface area contributed by atoms with Crippen LogP contribution in [0.4, 0.5) is 0 Å². The van der Waals surface area contributed by atoms with Crippen LogP contribution in [0.25, 0.3) is 0 Å². The van der Waals surface area contributed by atoms with E-state index in [9.17, 15) is 0 Å². The van der Waals surface area contributed by atoms with Crippen molar-refractivity contribution in [2.45, 2.75) is 50.5 Å². The van der Waals surface area contributed by atoms with Gasteiger partial charge in [0.15, 0.2) is 0 Å². The molecule has 0 spiro atoms. The molecular formula is C15H21N. The van der Waals surface area contributed by atoms with Gasteiger partial charge in [-0.15, -0.1) is 0 Å². The molecule has 0 aromatic heterocycles. The Bertz CT molecular complexity index is 385. The highest BCUT2D eigenvalue weighted by atomic mass is 15.0. The third kappa shape index (κ3) is 1.34. The average Bonchev–Trinajstić information content (AvgIpc) is 2.38. The fraction of sp³-hybridized carbons (Fsp3) is 0.600. The first kappa shape index (κ1) is 10.3. The Balaban J connectivity index is 2.11. The average molecular weight is 215 g/mol. The Morgan fingerprint density at radius 1 is 1.38 bits per heavy atom. The molecule has 0 bridgehead atoms. The van der Waals surface area contributed by atoms with Crippen LogP contribution in [-0.2, 0) is 11.8 Å². The summed E-state index contributed by atoms with van der Waals surface area (Å²) in [4.78, 5) is 0. The molecule has 2 atom stereocenters. The molecule has 86 valence electrons. The first-order valence-corrected chi connectivity index (χ1v) is 6.68. The lowest BCUT2D eigenvalue weighted by molar-refractivity contribution is 0.194. The Labute approximate surface area is 98.3 Å². The summed E-state index contributed by atoms with van der Waals surface area (Å²) in [5.74, 6) is 0. The maximum atomic E-state index is 3.75. The van der Waals surface area contributed by atoms with Crippen molar-refractivity contribution >= 4 is 0 Å². The minimum absolute atomic E-state index is 0.438. The van der Waals surface area contributed by atoms with Gasteiger partial charge in [-0.2, -0.15) is 0 Å². The van der Waals surface area contributed by atoms with Crippen molar-refractivity contribution < 1.29 is 0 Å². The van der Waals surface area contributed by atoms with Gasteiger partial charge in [0.2, 0.25) is 0 Å². The van der Waals surface area contributed by atoms with Crippen LogP contribution in [0.15, 0.2) is 24.3 Å². The zero-order valence-corrected chi connectivity index (χ0v) is 10.1. The highest BCUT2D eigenvalue weighted by molar-refractivity contribution is 5.39. The van der Waals surface area contributed by atoms with Crippen LogP contribution in [0.1, 0.15) is 43.7 Å². The number of rotatable bonds is 1. The van der Waals surface area contributed by atoms with Crippen molar-refractivity contribution in [1.82, 2.24) is 5.32 Å². The molecular weight excluding hydrogens is 194 g/mol. The summed E-state index contributed by atoms with van der Waals surface area (Å²) in [5.41, 5.74) is 3.68. The van der Waals surface area contributed by atoms with Crippen LogP contribution >= 0.6 is 0 Å². The molecule has 0 radical (unpaired) electrons. The van der Waals surface area contributed by atoms with Gasteiger partial charge in [-0.25, -0.2) is 0 Å². The van der Waals surface area contributed by atoms with Crippen LogP contribution in [0.2, 0.25) is 0 Å². The van der Waals surface area contributed by atoms with Gasteiger partial charge in [-0.1, -0.05) is 31.2 Å². The van der Waals surface area contributed by atoms with E-state index < -0.39 is 0 Å². The summed E-state index contributed by atoms with van der Waals surface area (Å²) < 4.78 is 0. The minimum atomic E-state index is 0.438. The lowest BCUT2D eigenvalue weighted by Gasteiger charge is -2.49. The van der Waals surface area contributed by atoms with Crippen LogP contribution in [0.5, 0.6) is 0 Å². The topological polar surface area (TPSA) is 12.0 Å². The van der Waals surface area contributed by atoms with Gasteiger partial charge in [-0.05, 0) is 49.8 Å². The first-order valence-electron chi connectivity index (χ1n) is 6.68. The number of piperidine rings is 1. The van der Waals surface area contributed by atoms with Crippen molar-refractivity contribution in [2.75, 3.05) is 6.54 Å². The number of benzene rings is 1. The van der Waals surface area contributed by atoms with Gasteiger partial charge >= 0.3 is 0 Å². The summed E-state index contributed by atoms with van der Waals surface area (Å²) in [5, 5.41) is 3.75. The second-order valence-corrected chi connectivity index (χ2v) is 5.32. The van der Waals surface area contributed by atoms with Gasteiger partial charge < -0.3 is 5.32 Å². The summed E-state index contributed by atoms with van der Waals surface area (Å²) in [6, 6.07) is 9.84. The lowest BCUT2D eigenvalue weighted by Crippen LogP contribution is -2.54. The fourth-order valence-electron chi connectivity index (χ4n) is 3.89. The largest absolute Gasteiger partial charge is 0.313 e. The zero-order chi connectivity index (χ0) is 11.0. The van der Waals surface area contributed by atoms with Crippen molar-refractivity contribution in [3.8, 4) is 0 Å². The highest BCUT2D eigenvalue weighted by Gasteiger charge is 2.43. The van der Waals surface area contributed by atoms with E-state index in [1.54, 1.807) is 11.1 Å². The van der Waals surface area contributed by atoms with E-state index in [0.29, 0.717) is 5.41 Å². The Kier molecular flexibility index (Phi) is 2.51. The van der Waals surface area contributed by atoms with Crippen LogP contribution < -0.4 is 5.32 Å². The molecule has 16 heavy (non-hydrogen) atoms. The van der Waals surface area contributed by atoms with Crippen molar-refractivity contribution in [3.05, 3.63) is 35.4 Å². The van der Waals surface area contributed by atoms with E-state index in [-0.39, 0.29) is 0 Å². The lowest BCUT2D eigenvalue weighted by atomic mass is 9.61. The monoisotopic (exact) mass is 215 g/mol. The van der Waals surface area contributed by atoms with Crippen molar-refractivity contribution in [1.29, 1.82) is 0 Å². The molecule has 0 amide bonds. The fourth-order valence-corrected chi connectivity index (χ4v) is 3.89. The molecule has 1 fully saturated rings. The summed E-state index contributed by atoms with van der Waals surface area (Å²) in [6.45, 7) is 3.58. The zero-order valence-electron chi connectivity index (χ0n) is 10.1. The molecule has 3 rings (SSSR count). The highest BCUT2D eigenvalue weighted by Crippen LogP contribution is 2.44. The van der Waals surface area contributed by atoms with Crippen LogP contribution in [-0.4, -0.2) is 12.6 Å². The molecule has 1 unspecified atom stereocenters. The molecule has 1 heteroatoms. The SMILES string of the molecule is CCC12CCCN[C@@H]1CCc1ccccc12. The Morgan fingerprint density at radius 2 is 2.25 bits per heavy atom. The molecule has 1 nitrogen and oxygen atoms in total. The predicted octanol–water partition coefficient (Wildman–Crippen LogP) is 3.03. The van der Waals surface area contributed by atoms with E-state index >= 15 is 0 Å². The molecule has 2 aliphatic rings. The Morgan fingerprint density at radius 3 is 3.12 bits per heavy atom. The molecule has 1 saturated heterocycles. The standard InChI is InChI=1S/C15H21N/c1-2-15-10-5-11-16-14(15)9-8-12-6-3-4-7-13(12)15/h3-4,6-7,14,16H,2,5,8-11H2,1H3/t14-,15?/m1/s1. The number of aryl methyl sites for hydroxylation is 1. The number of nitrogens with one attached hydrogen (secondary N) is 1. The smallest absolute Gasteiger partial charge is 0.0167 e. The first-order chi connectivity index (χ1) is 7.87. The van der Waals surface area contributed by atoms with Gasteiger partial charge in [-0.3, -0.25) is 0 Å². The quantitative estimate of drug-likeness (QED) is 0.759. The predicted molar refractivity (Wildman–Crippen MR) is 67.8 cm³/mol. The Hall–Kier alpha value is -0.820. The summed E-state index contributed by atoms with van der Waals surface area (Å²) in [6.07, 6.45) is 6.57. The van der Waals surface area contributed by atoms with E-state index in [1.165, 1.54) is 38.6 Å². The molecule has 0 saturated carbocycles. The van der Waals surface area contributed by atoms with E-state index in [0.717, 1.165) is 6.04 Å². The second kappa shape index (κ2) is 3.89. The molecule has 1 aromatic rings. The van der Waals surface area contributed by atoms with Crippen molar-refractivity contribution in [2.24, 2.45) is 0 Å². The summed E-state index contributed by atoms with van der Waals surface area (Å²) in [7, 11) is 0. The maximum absolute atomic E-state index is 3.75. The van der Waals surface area contributed by atoms with Gasteiger partial charge in [0.1, 0.15) is 0 Å². The van der Waals surface area contributed by atoms with Gasteiger partial charge in [0, 0.05) is 11.5 Å². The number of fused-ring (bicyclic) bond motifs is 3. The van der Waals surface area contributed by atoms with Gasteiger partial charge in [0.05, 0.1) is 0 Å². The van der Waals surface area contributed by atoms with Crippen molar-refractivity contribution in [3.63, 3.8) is 0 Å².